The second kappa shape index (κ2) is 4.57. The van der Waals surface area contributed by atoms with E-state index >= 15 is 0 Å². The minimum atomic E-state index is -0.527. The minimum Gasteiger partial charge on any atom is -0.388 e. The van der Waals surface area contributed by atoms with Crippen molar-refractivity contribution in [3.8, 4) is 0 Å². The summed E-state index contributed by atoms with van der Waals surface area (Å²) in [5, 5.41) is 14.8. The van der Waals surface area contributed by atoms with Gasteiger partial charge < -0.3 is 10.4 Å². The van der Waals surface area contributed by atoms with Crippen molar-refractivity contribution in [1.29, 1.82) is 0 Å². The maximum Gasteiger partial charge on any atom is 0.0842 e. The number of fused-ring (bicyclic) bond motifs is 1. The predicted molar refractivity (Wildman–Crippen MR) is 80.3 cm³/mol. The molecule has 0 saturated heterocycles. The molecule has 2 heteroatoms. The monoisotopic (exact) mass is 271 g/mol. The van der Waals surface area contributed by atoms with E-state index in [1.807, 2.05) is 0 Å². The molecule has 1 atom stereocenters. The molecule has 2 nitrogen and oxygen atoms in total. The summed E-state index contributed by atoms with van der Waals surface area (Å²) < 4.78 is 0. The molecule has 2 saturated carbocycles. The number of rotatable bonds is 1. The van der Waals surface area contributed by atoms with Crippen molar-refractivity contribution in [1.82, 2.24) is 5.32 Å². The van der Waals surface area contributed by atoms with Crippen molar-refractivity contribution in [2.24, 2.45) is 5.41 Å². The molecule has 108 valence electrons. The van der Waals surface area contributed by atoms with Gasteiger partial charge in [0.2, 0.25) is 0 Å². The van der Waals surface area contributed by atoms with Crippen LogP contribution in [0.5, 0.6) is 0 Å². The maximum atomic E-state index is 11.2. The maximum absolute atomic E-state index is 11.2. The van der Waals surface area contributed by atoms with Crippen LogP contribution in [0.25, 0.3) is 0 Å². The van der Waals surface area contributed by atoms with Gasteiger partial charge in [-0.05, 0) is 55.1 Å². The first kappa shape index (κ1) is 12.8. The molecule has 0 aromatic heterocycles. The summed E-state index contributed by atoms with van der Waals surface area (Å²) in [6, 6.07) is 8.73. The van der Waals surface area contributed by atoms with Crippen LogP contribution < -0.4 is 5.32 Å². The van der Waals surface area contributed by atoms with Gasteiger partial charge in [-0.1, -0.05) is 37.1 Å². The van der Waals surface area contributed by atoms with E-state index in [0.29, 0.717) is 5.41 Å². The van der Waals surface area contributed by atoms with Gasteiger partial charge in [-0.15, -0.1) is 0 Å². The van der Waals surface area contributed by atoms with Gasteiger partial charge in [0.15, 0.2) is 0 Å². The zero-order chi connectivity index (χ0) is 13.6. The highest BCUT2D eigenvalue weighted by molar-refractivity contribution is 5.36. The summed E-state index contributed by atoms with van der Waals surface area (Å²) in [5.41, 5.74) is 2.76. The predicted octanol–water partition coefficient (Wildman–Crippen LogP) is 3.70. The molecule has 3 aliphatic rings. The minimum absolute atomic E-state index is 0.150. The third-order valence-electron chi connectivity index (χ3n) is 6.24. The Kier molecular flexibility index (Phi) is 2.94. The van der Waals surface area contributed by atoms with Crippen molar-refractivity contribution >= 4 is 0 Å². The zero-order valence-electron chi connectivity index (χ0n) is 12.2. The Morgan fingerprint density at radius 2 is 1.65 bits per heavy atom. The molecule has 4 rings (SSSR count). The summed E-state index contributed by atoms with van der Waals surface area (Å²) >= 11 is 0. The first-order chi connectivity index (χ1) is 9.71. The van der Waals surface area contributed by atoms with E-state index in [1.54, 1.807) is 0 Å². The van der Waals surface area contributed by atoms with Crippen LogP contribution in [0.3, 0.4) is 0 Å². The highest BCUT2D eigenvalue weighted by Gasteiger charge is 2.48. The van der Waals surface area contributed by atoms with Gasteiger partial charge in [-0.3, -0.25) is 0 Å². The summed E-state index contributed by atoms with van der Waals surface area (Å²) in [7, 11) is 0. The van der Waals surface area contributed by atoms with Gasteiger partial charge in [0, 0.05) is 6.54 Å². The van der Waals surface area contributed by atoms with Crippen LogP contribution in [0.4, 0.5) is 0 Å². The summed E-state index contributed by atoms with van der Waals surface area (Å²) in [5.74, 6) is 0. The molecule has 0 radical (unpaired) electrons. The fourth-order valence-electron chi connectivity index (χ4n) is 4.91. The summed E-state index contributed by atoms with van der Waals surface area (Å²) in [6.45, 7) is 0.911. The fraction of sp³-hybridized carbons (Fsp3) is 0.667. The van der Waals surface area contributed by atoms with Gasteiger partial charge >= 0.3 is 0 Å². The fourth-order valence-corrected chi connectivity index (χ4v) is 4.91. The quantitative estimate of drug-likeness (QED) is 0.816. The smallest absolute Gasteiger partial charge is 0.0842 e. The molecule has 20 heavy (non-hydrogen) atoms. The molecule has 1 aromatic rings. The van der Waals surface area contributed by atoms with E-state index in [0.717, 1.165) is 19.4 Å². The number of benzene rings is 1. The molecule has 2 fully saturated rings. The molecular weight excluding hydrogens is 246 g/mol. The van der Waals surface area contributed by atoms with E-state index in [9.17, 15) is 5.11 Å². The van der Waals surface area contributed by atoms with E-state index in [-0.39, 0.29) is 6.04 Å². The first-order valence-corrected chi connectivity index (χ1v) is 8.25. The van der Waals surface area contributed by atoms with Crippen LogP contribution in [0.15, 0.2) is 24.3 Å². The Hall–Kier alpha value is -0.860. The lowest BCUT2D eigenvalue weighted by molar-refractivity contribution is -0.0591. The van der Waals surface area contributed by atoms with Crippen molar-refractivity contribution in [3.05, 3.63) is 35.4 Å². The molecule has 0 bridgehead atoms. The molecular formula is C18H25NO. The number of nitrogens with one attached hydrogen (secondary N) is 1. The number of aliphatic hydroxyl groups is 1. The normalized spacial score (nSPS) is 30.6. The van der Waals surface area contributed by atoms with Crippen LogP contribution >= 0.6 is 0 Å². The largest absolute Gasteiger partial charge is 0.388 e. The number of hydrogen-bond acceptors (Lipinski definition) is 2. The lowest BCUT2D eigenvalue weighted by Crippen LogP contribution is -2.46. The average molecular weight is 271 g/mol. The Morgan fingerprint density at radius 3 is 2.40 bits per heavy atom. The van der Waals surface area contributed by atoms with Gasteiger partial charge in [0.25, 0.3) is 0 Å². The third kappa shape index (κ3) is 1.93. The van der Waals surface area contributed by atoms with Crippen molar-refractivity contribution in [2.75, 3.05) is 0 Å². The molecule has 1 unspecified atom stereocenters. The molecule has 1 spiro atoms. The summed E-state index contributed by atoms with van der Waals surface area (Å²) in [6.07, 6.45) is 10.0. The second-order valence-corrected chi connectivity index (χ2v) is 7.32. The molecule has 2 aliphatic carbocycles. The Bertz CT molecular complexity index is 494. The van der Waals surface area contributed by atoms with Gasteiger partial charge in [0.1, 0.15) is 0 Å². The highest BCUT2D eigenvalue weighted by Crippen LogP contribution is 2.54. The molecule has 1 heterocycles. The highest BCUT2D eigenvalue weighted by atomic mass is 16.3. The van der Waals surface area contributed by atoms with Gasteiger partial charge in [-0.25, -0.2) is 0 Å². The van der Waals surface area contributed by atoms with Crippen LogP contribution in [0.1, 0.15) is 68.5 Å². The van der Waals surface area contributed by atoms with Crippen LogP contribution in [-0.2, 0) is 6.54 Å². The molecule has 0 amide bonds. The second-order valence-electron chi connectivity index (χ2n) is 7.32. The molecule has 1 aliphatic heterocycles. The zero-order valence-corrected chi connectivity index (χ0v) is 12.2. The van der Waals surface area contributed by atoms with Crippen LogP contribution in [0, 0.1) is 5.41 Å². The SMILES string of the molecule is OC1(C2NCc3ccccc32)CCC2(CCCC2)CC1. The standard InChI is InChI=1S/C18H25NO/c20-18(11-9-17(10-12-18)7-3-4-8-17)16-15-6-2-1-5-14(15)13-19-16/h1-2,5-6,16,19-20H,3-4,7-13H2. The van der Waals surface area contributed by atoms with Crippen LogP contribution in [0.2, 0.25) is 0 Å². The van der Waals surface area contributed by atoms with E-state index in [1.165, 1.54) is 49.7 Å². The number of hydrogen-bond donors (Lipinski definition) is 2. The van der Waals surface area contributed by atoms with E-state index < -0.39 is 5.60 Å². The topological polar surface area (TPSA) is 32.3 Å². The lowest BCUT2D eigenvalue weighted by atomic mass is 9.65. The molecule has 1 aromatic carbocycles. The van der Waals surface area contributed by atoms with E-state index in [2.05, 4.69) is 29.6 Å². The van der Waals surface area contributed by atoms with Crippen LogP contribution in [-0.4, -0.2) is 10.7 Å². The van der Waals surface area contributed by atoms with Crippen molar-refractivity contribution in [2.45, 2.75) is 69.6 Å². The molecule has 2 N–H and O–H groups in total. The Labute approximate surface area is 121 Å². The van der Waals surface area contributed by atoms with Crippen molar-refractivity contribution < 1.29 is 5.11 Å². The van der Waals surface area contributed by atoms with Gasteiger partial charge in [-0.2, -0.15) is 0 Å². The lowest BCUT2D eigenvalue weighted by Gasteiger charge is -2.45. The average Bonchev–Trinajstić information content (AvgIpc) is 3.11. The summed E-state index contributed by atoms with van der Waals surface area (Å²) in [4.78, 5) is 0. The van der Waals surface area contributed by atoms with E-state index in [4.69, 9.17) is 0 Å². The third-order valence-corrected chi connectivity index (χ3v) is 6.24. The Balaban J connectivity index is 1.55. The van der Waals surface area contributed by atoms with Crippen molar-refractivity contribution in [3.63, 3.8) is 0 Å². The van der Waals surface area contributed by atoms with Gasteiger partial charge in [0.05, 0.1) is 11.6 Å². The Morgan fingerprint density at radius 1 is 0.950 bits per heavy atom. The first-order valence-electron chi connectivity index (χ1n) is 8.25.